The van der Waals surface area contributed by atoms with Crippen molar-refractivity contribution in [1.29, 1.82) is 0 Å². The molecule has 4 heteroatoms. The minimum atomic E-state index is -0.486. The highest BCUT2D eigenvalue weighted by Gasteiger charge is 2.49. The number of carbonyl (C=O) groups is 1. The van der Waals surface area contributed by atoms with Crippen molar-refractivity contribution in [1.82, 2.24) is 4.90 Å². The molecule has 0 aromatic rings. The number of likely N-dealkylation sites (tertiary alicyclic amines) is 1. The summed E-state index contributed by atoms with van der Waals surface area (Å²) in [6.07, 6.45) is 5.02. The van der Waals surface area contributed by atoms with Crippen LogP contribution in [0.25, 0.3) is 0 Å². The minimum Gasteiger partial charge on any atom is -0.392 e. The van der Waals surface area contributed by atoms with Crippen molar-refractivity contribution in [2.75, 3.05) is 13.1 Å². The molecule has 0 spiro atoms. The normalized spacial score (nSPS) is 23.8. The van der Waals surface area contributed by atoms with Crippen LogP contribution >= 0.6 is 12.2 Å². The van der Waals surface area contributed by atoms with Gasteiger partial charge in [-0.1, -0.05) is 32.5 Å². The van der Waals surface area contributed by atoms with E-state index in [0.29, 0.717) is 4.99 Å². The molecule has 1 aliphatic heterocycles. The van der Waals surface area contributed by atoms with Gasteiger partial charge in [0.1, 0.15) is 0 Å². The molecule has 2 fully saturated rings. The van der Waals surface area contributed by atoms with Gasteiger partial charge >= 0.3 is 0 Å². The van der Waals surface area contributed by atoms with E-state index in [2.05, 4.69) is 13.8 Å². The van der Waals surface area contributed by atoms with Gasteiger partial charge in [-0.25, -0.2) is 0 Å². The number of piperidine rings is 1. The van der Waals surface area contributed by atoms with Crippen LogP contribution in [0, 0.1) is 17.3 Å². The Bertz CT molecular complexity index is 342. The van der Waals surface area contributed by atoms with Gasteiger partial charge in [-0.05, 0) is 37.5 Å². The average Bonchev–Trinajstić information content (AvgIpc) is 2.27. The summed E-state index contributed by atoms with van der Waals surface area (Å²) < 4.78 is 0. The largest absolute Gasteiger partial charge is 0.392 e. The molecule has 1 saturated carbocycles. The second-order valence-electron chi connectivity index (χ2n) is 6.17. The quantitative estimate of drug-likeness (QED) is 0.799. The zero-order valence-electron chi connectivity index (χ0n) is 11.4. The van der Waals surface area contributed by atoms with E-state index in [-0.39, 0.29) is 5.91 Å². The maximum absolute atomic E-state index is 12.6. The molecule has 0 aromatic heterocycles. The van der Waals surface area contributed by atoms with Crippen LogP contribution in [0.1, 0.15) is 46.0 Å². The molecule has 1 amide bonds. The van der Waals surface area contributed by atoms with Crippen molar-refractivity contribution in [3.05, 3.63) is 0 Å². The number of nitrogens with two attached hydrogens (primary N) is 1. The summed E-state index contributed by atoms with van der Waals surface area (Å²) in [7, 11) is 0. The summed E-state index contributed by atoms with van der Waals surface area (Å²) >= 11 is 5.12. The molecule has 0 aromatic carbocycles. The van der Waals surface area contributed by atoms with Crippen LogP contribution in [0.3, 0.4) is 0 Å². The SMILES string of the molecule is CC(C)C1CCN(C(=O)C2(C(N)=S)CCC2)CC1. The molecule has 0 atom stereocenters. The van der Waals surface area contributed by atoms with Crippen LogP contribution < -0.4 is 5.73 Å². The van der Waals surface area contributed by atoms with Crippen LogP contribution in [0.4, 0.5) is 0 Å². The molecule has 1 heterocycles. The molecule has 2 rings (SSSR count). The van der Waals surface area contributed by atoms with Crippen LogP contribution in [0.5, 0.6) is 0 Å². The standard InChI is InChI=1S/C14H24N2OS/c1-10(2)11-4-8-16(9-5-11)13(17)14(12(15)18)6-3-7-14/h10-11H,3-9H2,1-2H3,(H2,15,18). The third kappa shape index (κ3) is 2.27. The Morgan fingerprint density at radius 2 is 1.89 bits per heavy atom. The lowest BCUT2D eigenvalue weighted by molar-refractivity contribution is -0.143. The Hall–Kier alpha value is -0.640. The highest BCUT2D eigenvalue weighted by atomic mass is 32.1. The monoisotopic (exact) mass is 268 g/mol. The zero-order chi connectivity index (χ0) is 13.3. The Morgan fingerprint density at radius 1 is 1.33 bits per heavy atom. The summed E-state index contributed by atoms with van der Waals surface area (Å²) in [5, 5.41) is 0. The third-order valence-corrected chi connectivity index (χ3v) is 5.25. The van der Waals surface area contributed by atoms with Crippen molar-refractivity contribution < 1.29 is 4.79 Å². The van der Waals surface area contributed by atoms with Gasteiger partial charge in [-0.3, -0.25) is 4.79 Å². The zero-order valence-corrected chi connectivity index (χ0v) is 12.3. The Morgan fingerprint density at radius 3 is 2.22 bits per heavy atom. The van der Waals surface area contributed by atoms with Crippen molar-refractivity contribution in [3.8, 4) is 0 Å². The lowest BCUT2D eigenvalue weighted by Crippen LogP contribution is -2.56. The maximum Gasteiger partial charge on any atom is 0.235 e. The fourth-order valence-electron chi connectivity index (χ4n) is 3.17. The second kappa shape index (κ2) is 5.16. The fraction of sp³-hybridized carbons (Fsp3) is 0.857. The highest BCUT2D eigenvalue weighted by Crippen LogP contribution is 2.43. The van der Waals surface area contributed by atoms with Crippen molar-refractivity contribution in [2.45, 2.75) is 46.0 Å². The summed E-state index contributed by atoms with van der Waals surface area (Å²) in [5.74, 6) is 1.68. The van der Waals surface area contributed by atoms with Gasteiger partial charge in [-0.2, -0.15) is 0 Å². The number of amides is 1. The van der Waals surface area contributed by atoms with Crippen LogP contribution in [0.15, 0.2) is 0 Å². The Kier molecular flexibility index (Phi) is 3.95. The first-order valence-electron chi connectivity index (χ1n) is 7.06. The topological polar surface area (TPSA) is 46.3 Å². The first-order chi connectivity index (χ1) is 8.47. The molecule has 2 aliphatic rings. The summed E-state index contributed by atoms with van der Waals surface area (Å²) in [4.78, 5) is 15.0. The number of rotatable bonds is 3. The van der Waals surface area contributed by atoms with Crippen LogP contribution in [-0.2, 0) is 4.79 Å². The summed E-state index contributed by atoms with van der Waals surface area (Å²) in [6.45, 7) is 6.30. The highest BCUT2D eigenvalue weighted by molar-refractivity contribution is 7.80. The molecule has 1 saturated heterocycles. The summed E-state index contributed by atoms with van der Waals surface area (Å²) in [5.41, 5.74) is 5.31. The Labute approximate surface area is 115 Å². The van der Waals surface area contributed by atoms with Gasteiger partial charge in [0.05, 0.1) is 10.4 Å². The van der Waals surface area contributed by atoms with Gasteiger partial charge in [0.15, 0.2) is 0 Å². The van der Waals surface area contributed by atoms with E-state index in [4.69, 9.17) is 18.0 Å². The number of thiocarbonyl (C=S) groups is 1. The van der Waals surface area contributed by atoms with Crippen molar-refractivity contribution >= 4 is 23.1 Å². The minimum absolute atomic E-state index is 0.198. The van der Waals surface area contributed by atoms with Gasteiger partial charge in [0, 0.05) is 13.1 Å². The van der Waals surface area contributed by atoms with Crippen molar-refractivity contribution in [2.24, 2.45) is 23.0 Å². The number of hydrogen-bond donors (Lipinski definition) is 1. The van der Waals surface area contributed by atoms with E-state index in [1.807, 2.05) is 4.90 Å². The molecule has 0 unspecified atom stereocenters. The van der Waals surface area contributed by atoms with Gasteiger partial charge < -0.3 is 10.6 Å². The van der Waals surface area contributed by atoms with E-state index >= 15 is 0 Å². The number of nitrogens with zero attached hydrogens (tertiary/aromatic N) is 1. The number of carbonyl (C=O) groups excluding carboxylic acids is 1. The van der Waals surface area contributed by atoms with Crippen LogP contribution in [-0.4, -0.2) is 28.9 Å². The molecule has 0 radical (unpaired) electrons. The molecule has 3 nitrogen and oxygen atoms in total. The smallest absolute Gasteiger partial charge is 0.235 e. The summed E-state index contributed by atoms with van der Waals surface area (Å²) in [6, 6.07) is 0. The van der Waals surface area contributed by atoms with E-state index in [1.165, 1.54) is 0 Å². The van der Waals surface area contributed by atoms with E-state index < -0.39 is 5.41 Å². The van der Waals surface area contributed by atoms with Gasteiger partial charge in [0.25, 0.3) is 0 Å². The molecule has 18 heavy (non-hydrogen) atoms. The molecule has 0 bridgehead atoms. The van der Waals surface area contributed by atoms with E-state index in [9.17, 15) is 4.79 Å². The average molecular weight is 268 g/mol. The molecular weight excluding hydrogens is 244 g/mol. The fourth-order valence-corrected chi connectivity index (χ4v) is 3.46. The Balaban J connectivity index is 1.97. The lowest BCUT2D eigenvalue weighted by atomic mass is 9.67. The lowest BCUT2D eigenvalue weighted by Gasteiger charge is -2.44. The van der Waals surface area contributed by atoms with Crippen LogP contribution in [0.2, 0.25) is 0 Å². The van der Waals surface area contributed by atoms with E-state index in [1.54, 1.807) is 0 Å². The first-order valence-corrected chi connectivity index (χ1v) is 7.47. The second-order valence-corrected chi connectivity index (χ2v) is 6.61. The molecular formula is C14H24N2OS. The molecule has 102 valence electrons. The van der Waals surface area contributed by atoms with Gasteiger partial charge in [-0.15, -0.1) is 0 Å². The van der Waals surface area contributed by atoms with E-state index in [0.717, 1.165) is 57.0 Å². The molecule has 1 aliphatic carbocycles. The molecule has 2 N–H and O–H groups in total. The van der Waals surface area contributed by atoms with Crippen molar-refractivity contribution in [3.63, 3.8) is 0 Å². The predicted octanol–water partition coefficient (Wildman–Crippen LogP) is 2.34. The number of hydrogen-bond acceptors (Lipinski definition) is 2. The maximum atomic E-state index is 12.6. The van der Waals surface area contributed by atoms with Gasteiger partial charge in [0.2, 0.25) is 5.91 Å². The predicted molar refractivity (Wildman–Crippen MR) is 77.2 cm³/mol. The first kappa shape index (κ1) is 13.8. The third-order valence-electron chi connectivity index (χ3n) is 4.86.